The van der Waals surface area contributed by atoms with Crippen LogP contribution in [0.25, 0.3) is 0 Å². The lowest BCUT2D eigenvalue weighted by Gasteiger charge is -2.28. The first-order valence-corrected chi connectivity index (χ1v) is 6.58. The predicted molar refractivity (Wildman–Crippen MR) is 74.4 cm³/mol. The average molecular weight is 285 g/mol. The SMILES string of the molecule is CCC(N)(CCNC)CNC(=O)c1ccc(F)cc1F. The van der Waals surface area contributed by atoms with Crippen LogP contribution >= 0.6 is 0 Å². The fourth-order valence-electron chi connectivity index (χ4n) is 1.79. The lowest BCUT2D eigenvalue weighted by molar-refractivity contribution is 0.0937. The average Bonchev–Trinajstić information content (AvgIpc) is 2.42. The first kappa shape index (κ1) is 16.5. The van der Waals surface area contributed by atoms with Gasteiger partial charge < -0.3 is 16.4 Å². The van der Waals surface area contributed by atoms with Crippen molar-refractivity contribution in [3.8, 4) is 0 Å². The van der Waals surface area contributed by atoms with Crippen molar-refractivity contribution in [2.75, 3.05) is 20.1 Å². The lowest BCUT2D eigenvalue weighted by atomic mass is 9.93. The molecule has 0 aromatic heterocycles. The predicted octanol–water partition coefficient (Wildman–Crippen LogP) is 1.41. The van der Waals surface area contributed by atoms with Gasteiger partial charge in [-0.05, 0) is 38.6 Å². The molecule has 0 fully saturated rings. The largest absolute Gasteiger partial charge is 0.350 e. The molecule has 1 unspecified atom stereocenters. The summed E-state index contributed by atoms with van der Waals surface area (Å²) in [6, 6.07) is 2.86. The molecule has 0 radical (unpaired) electrons. The fraction of sp³-hybridized carbons (Fsp3) is 0.500. The van der Waals surface area contributed by atoms with Gasteiger partial charge in [0.25, 0.3) is 5.91 Å². The number of hydrogen-bond acceptors (Lipinski definition) is 3. The maximum atomic E-state index is 13.5. The second-order valence-corrected chi connectivity index (χ2v) is 4.88. The van der Waals surface area contributed by atoms with Crippen LogP contribution in [-0.2, 0) is 0 Å². The standard InChI is InChI=1S/C14H21F2N3O/c1-3-14(17,6-7-18-2)9-19-13(20)11-5-4-10(15)8-12(11)16/h4-5,8,18H,3,6-7,9,17H2,1-2H3,(H,19,20). The van der Waals surface area contributed by atoms with Crippen molar-refractivity contribution in [1.29, 1.82) is 0 Å². The first-order valence-electron chi connectivity index (χ1n) is 6.58. The minimum absolute atomic E-state index is 0.182. The summed E-state index contributed by atoms with van der Waals surface area (Å²) in [5.41, 5.74) is 5.44. The van der Waals surface area contributed by atoms with E-state index in [4.69, 9.17) is 5.73 Å². The van der Waals surface area contributed by atoms with Gasteiger partial charge in [-0.15, -0.1) is 0 Å². The van der Waals surface area contributed by atoms with Gasteiger partial charge in [0.15, 0.2) is 0 Å². The van der Waals surface area contributed by atoms with Crippen LogP contribution in [0.5, 0.6) is 0 Å². The van der Waals surface area contributed by atoms with E-state index in [1.54, 1.807) is 0 Å². The molecule has 6 heteroatoms. The van der Waals surface area contributed by atoms with E-state index in [9.17, 15) is 13.6 Å². The summed E-state index contributed by atoms with van der Waals surface area (Å²) in [5.74, 6) is -2.18. The van der Waals surface area contributed by atoms with Crippen molar-refractivity contribution in [3.63, 3.8) is 0 Å². The van der Waals surface area contributed by atoms with Gasteiger partial charge in [-0.2, -0.15) is 0 Å². The van der Waals surface area contributed by atoms with Gasteiger partial charge in [-0.1, -0.05) is 6.92 Å². The summed E-state index contributed by atoms with van der Waals surface area (Å²) < 4.78 is 26.2. The molecule has 4 N–H and O–H groups in total. The van der Waals surface area contributed by atoms with E-state index >= 15 is 0 Å². The number of nitrogens with one attached hydrogen (secondary N) is 2. The zero-order chi connectivity index (χ0) is 15.2. The van der Waals surface area contributed by atoms with E-state index in [1.807, 2.05) is 14.0 Å². The molecular weight excluding hydrogens is 264 g/mol. The number of rotatable bonds is 7. The molecule has 1 rings (SSSR count). The van der Waals surface area contributed by atoms with E-state index in [0.717, 1.165) is 18.7 Å². The second kappa shape index (κ2) is 7.31. The maximum absolute atomic E-state index is 13.5. The minimum Gasteiger partial charge on any atom is -0.350 e. The van der Waals surface area contributed by atoms with Crippen molar-refractivity contribution < 1.29 is 13.6 Å². The highest BCUT2D eigenvalue weighted by Crippen LogP contribution is 2.12. The Hall–Kier alpha value is -1.53. The molecule has 112 valence electrons. The third-order valence-corrected chi connectivity index (χ3v) is 3.35. The Labute approximate surface area is 117 Å². The Morgan fingerprint density at radius 1 is 1.40 bits per heavy atom. The maximum Gasteiger partial charge on any atom is 0.254 e. The van der Waals surface area contributed by atoms with Crippen molar-refractivity contribution in [2.45, 2.75) is 25.3 Å². The molecule has 1 aromatic carbocycles. The fourth-order valence-corrected chi connectivity index (χ4v) is 1.79. The number of amides is 1. The molecule has 1 atom stereocenters. The summed E-state index contributed by atoms with van der Waals surface area (Å²) in [6.07, 6.45) is 1.37. The smallest absolute Gasteiger partial charge is 0.254 e. The highest BCUT2D eigenvalue weighted by atomic mass is 19.1. The number of halogens is 2. The van der Waals surface area contributed by atoms with Gasteiger partial charge >= 0.3 is 0 Å². The third-order valence-electron chi connectivity index (χ3n) is 3.35. The Balaban J connectivity index is 2.66. The molecular formula is C14H21F2N3O. The van der Waals surface area contributed by atoms with Crippen LogP contribution in [0.2, 0.25) is 0 Å². The highest BCUT2D eigenvalue weighted by Gasteiger charge is 2.23. The molecule has 0 saturated heterocycles. The van der Waals surface area contributed by atoms with Gasteiger partial charge in [0.05, 0.1) is 5.56 Å². The Kier molecular flexibility index (Phi) is 6.04. The van der Waals surface area contributed by atoms with E-state index in [0.29, 0.717) is 18.9 Å². The zero-order valence-corrected chi connectivity index (χ0v) is 11.8. The molecule has 1 aromatic rings. The van der Waals surface area contributed by atoms with E-state index in [1.165, 1.54) is 0 Å². The van der Waals surface area contributed by atoms with Crippen LogP contribution < -0.4 is 16.4 Å². The molecule has 0 spiro atoms. The summed E-state index contributed by atoms with van der Waals surface area (Å²) in [7, 11) is 1.82. The molecule has 0 bridgehead atoms. The van der Waals surface area contributed by atoms with Crippen molar-refractivity contribution in [1.82, 2.24) is 10.6 Å². The summed E-state index contributed by atoms with van der Waals surface area (Å²) in [4.78, 5) is 11.9. The van der Waals surface area contributed by atoms with E-state index in [-0.39, 0.29) is 12.1 Å². The topological polar surface area (TPSA) is 67.2 Å². The van der Waals surface area contributed by atoms with Crippen LogP contribution in [0.15, 0.2) is 18.2 Å². The Bertz CT molecular complexity index is 468. The second-order valence-electron chi connectivity index (χ2n) is 4.88. The van der Waals surface area contributed by atoms with Gasteiger partial charge in [0.1, 0.15) is 11.6 Å². The van der Waals surface area contributed by atoms with Crippen LogP contribution in [-0.4, -0.2) is 31.6 Å². The van der Waals surface area contributed by atoms with Crippen LogP contribution in [0.1, 0.15) is 30.1 Å². The van der Waals surface area contributed by atoms with E-state index < -0.39 is 23.1 Å². The van der Waals surface area contributed by atoms with Crippen molar-refractivity contribution in [2.24, 2.45) is 5.73 Å². The first-order chi connectivity index (χ1) is 9.41. The number of carbonyl (C=O) groups is 1. The van der Waals surface area contributed by atoms with Crippen molar-refractivity contribution >= 4 is 5.91 Å². The van der Waals surface area contributed by atoms with Crippen LogP contribution in [0.3, 0.4) is 0 Å². The minimum atomic E-state index is -0.878. The van der Waals surface area contributed by atoms with Gasteiger partial charge in [0.2, 0.25) is 0 Å². The molecule has 1 amide bonds. The highest BCUT2D eigenvalue weighted by molar-refractivity contribution is 5.94. The lowest BCUT2D eigenvalue weighted by Crippen LogP contribution is -2.51. The molecule has 0 aliphatic rings. The number of benzene rings is 1. The molecule has 0 saturated carbocycles. The molecule has 0 heterocycles. The summed E-state index contributed by atoms with van der Waals surface area (Å²) in [6.45, 7) is 2.90. The van der Waals surface area contributed by atoms with Crippen molar-refractivity contribution in [3.05, 3.63) is 35.4 Å². The molecule has 0 aliphatic heterocycles. The third kappa shape index (κ3) is 4.54. The number of nitrogens with two attached hydrogens (primary N) is 1. The van der Waals surface area contributed by atoms with Gasteiger partial charge in [-0.25, -0.2) is 8.78 Å². The summed E-state index contributed by atoms with van der Waals surface area (Å²) >= 11 is 0. The van der Waals surface area contributed by atoms with Crippen LogP contribution in [0.4, 0.5) is 8.78 Å². The van der Waals surface area contributed by atoms with E-state index in [2.05, 4.69) is 10.6 Å². The molecule has 0 aliphatic carbocycles. The Morgan fingerprint density at radius 3 is 2.65 bits per heavy atom. The normalized spacial score (nSPS) is 13.8. The quantitative estimate of drug-likeness (QED) is 0.709. The van der Waals surface area contributed by atoms with Gasteiger partial charge in [0, 0.05) is 18.2 Å². The summed E-state index contributed by atoms with van der Waals surface area (Å²) in [5, 5.41) is 5.60. The molecule has 20 heavy (non-hydrogen) atoms. The molecule has 4 nitrogen and oxygen atoms in total. The zero-order valence-electron chi connectivity index (χ0n) is 11.8. The van der Waals surface area contributed by atoms with Gasteiger partial charge in [-0.3, -0.25) is 4.79 Å². The number of hydrogen-bond donors (Lipinski definition) is 3. The number of carbonyl (C=O) groups excluding carboxylic acids is 1. The monoisotopic (exact) mass is 285 g/mol. The Morgan fingerprint density at radius 2 is 2.10 bits per heavy atom. The van der Waals surface area contributed by atoms with Crippen LogP contribution in [0, 0.1) is 11.6 Å².